The molecule has 1 aromatic carbocycles. The van der Waals surface area contributed by atoms with Crippen LogP contribution in [0.4, 0.5) is 0 Å². The van der Waals surface area contributed by atoms with E-state index in [-0.39, 0.29) is 5.75 Å². The summed E-state index contributed by atoms with van der Waals surface area (Å²) in [6.45, 7) is -0.602. The monoisotopic (exact) mass is 396 g/mol. The molecule has 5 N–H and O–H groups in total. The number of ether oxygens (including phenoxy) is 1. The van der Waals surface area contributed by atoms with Gasteiger partial charge in [-0.2, -0.15) is 0 Å². The zero-order valence-electron chi connectivity index (χ0n) is 15.7. The zero-order valence-corrected chi connectivity index (χ0v) is 15.7. The highest BCUT2D eigenvalue weighted by molar-refractivity contribution is 5.68. The Kier molecular flexibility index (Phi) is 5.54. The van der Waals surface area contributed by atoms with Gasteiger partial charge in [0.05, 0.1) is 6.61 Å². The molecule has 0 amide bonds. The van der Waals surface area contributed by atoms with Gasteiger partial charge in [0, 0.05) is 5.56 Å². The molecule has 4 rings (SSSR count). The van der Waals surface area contributed by atoms with Crippen LogP contribution in [0.2, 0.25) is 0 Å². The normalized spacial score (nSPS) is 25.4. The largest absolute Gasteiger partial charge is 0.508 e. The second kappa shape index (κ2) is 8.10. The molecule has 1 heterocycles. The lowest BCUT2D eigenvalue weighted by Gasteiger charge is -2.19. The van der Waals surface area contributed by atoms with Crippen LogP contribution in [0.3, 0.4) is 0 Å². The topological polar surface area (TPSA) is 110 Å². The van der Waals surface area contributed by atoms with Crippen molar-refractivity contribution in [1.29, 1.82) is 0 Å². The van der Waals surface area contributed by atoms with Gasteiger partial charge in [-0.05, 0) is 40.8 Å². The van der Waals surface area contributed by atoms with Crippen LogP contribution in [0.5, 0.6) is 5.75 Å². The summed E-state index contributed by atoms with van der Waals surface area (Å²) in [6, 6.07) is 19.4. The maximum absolute atomic E-state index is 10.4. The molecule has 29 heavy (non-hydrogen) atoms. The molecule has 0 saturated carbocycles. The molecule has 2 aliphatic carbocycles. The van der Waals surface area contributed by atoms with E-state index >= 15 is 0 Å². The summed E-state index contributed by atoms with van der Waals surface area (Å²) in [5, 5.41) is 49.8. The van der Waals surface area contributed by atoms with E-state index in [4.69, 9.17) is 9.84 Å². The summed E-state index contributed by atoms with van der Waals surface area (Å²) in [5.41, 5.74) is 4.65. The molecule has 5 atom stereocenters. The quantitative estimate of drug-likeness (QED) is 0.448. The Labute approximate surface area is 168 Å². The molecule has 1 aromatic rings. The van der Waals surface area contributed by atoms with Gasteiger partial charge in [0.25, 0.3) is 0 Å². The zero-order chi connectivity index (χ0) is 20.5. The number of fused-ring (bicyclic) bond motifs is 1. The van der Waals surface area contributed by atoms with Gasteiger partial charge in [0.2, 0.25) is 0 Å². The molecule has 0 aromatic heterocycles. The van der Waals surface area contributed by atoms with E-state index in [1.54, 1.807) is 12.1 Å². The van der Waals surface area contributed by atoms with Gasteiger partial charge in [-0.25, -0.2) is 0 Å². The third-order valence-electron chi connectivity index (χ3n) is 5.46. The molecule has 1 saturated heterocycles. The Bertz CT molecular complexity index is 927. The van der Waals surface area contributed by atoms with Crippen molar-refractivity contribution >= 4 is 0 Å². The molecule has 0 radical (unpaired) electrons. The third-order valence-corrected chi connectivity index (χ3v) is 5.46. The maximum Gasteiger partial charge on any atom is 0.121 e. The standard InChI is InChI=1S/C23H24O6/c24-12-19(26)23-21(28)20(27)22(29-23)17-11-13(6-7-18(17)25)8-14-9-15-4-2-1-3-5-16(15)10-14/h1-7,9-11,19-28H,8,12H2. The van der Waals surface area contributed by atoms with E-state index in [9.17, 15) is 20.4 Å². The molecule has 1 aliphatic heterocycles. The summed E-state index contributed by atoms with van der Waals surface area (Å²) in [7, 11) is 0. The molecule has 1 fully saturated rings. The van der Waals surface area contributed by atoms with Crippen molar-refractivity contribution < 1.29 is 30.3 Å². The molecular weight excluding hydrogens is 372 g/mol. The summed E-state index contributed by atoms with van der Waals surface area (Å²) >= 11 is 0. The second-order valence-electron chi connectivity index (χ2n) is 7.51. The number of hydrogen-bond acceptors (Lipinski definition) is 6. The van der Waals surface area contributed by atoms with Crippen LogP contribution in [0.1, 0.15) is 22.8 Å². The van der Waals surface area contributed by atoms with E-state index in [1.165, 1.54) is 6.07 Å². The number of hydrogen-bond donors (Lipinski definition) is 5. The van der Waals surface area contributed by atoms with Gasteiger partial charge >= 0.3 is 0 Å². The molecule has 152 valence electrons. The highest BCUT2D eigenvalue weighted by Gasteiger charge is 2.47. The third kappa shape index (κ3) is 3.85. The molecule has 6 nitrogen and oxygen atoms in total. The Balaban J connectivity index is 1.60. The fraction of sp³-hybridized carbons (Fsp3) is 0.304. The molecule has 3 aliphatic rings. The number of rotatable bonds is 5. The molecular formula is C23H24O6. The van der Waals surface area contributed by atoms with Gasteiger partial charge in [0.1, 0.15) is 36.3 Å². The van der Waals surface area contributed by atoms with Crippen molar-refractivity contribution in [2.45, 2.75) is 36.9 Å². The smallest absolute Gasteiger partial charge is 0.121 e. The van der Waals surface area contributed by atoms with Crippen LogP contribution in [0, 0.1) is 0 Å². The lowest BCUT2D eigenvalue weighted by atomic mass is 9.96. The lowest BCUT2D eigenvalue weighted by Crippen LogP contribution is -2.40. The number of phenols is 1. The van der Waals surface area contributed by atoms with E-state index in [1.807, 2.05) is 18.2 Å². The van der Waals surface area contributed by atoms with Gasteiger partial charge in [0.15, 0.2) is 0 Å². The van der Waals surface area contributed by atoms with Crippen LogP contribution in [-0.2, 0) is 11.2 Å². The van der Waals surface area contributed by atoms with Crippen LogP contribution in [0.15, 0.2) is 60.7 Å². The predicted molar refractivity (Wildman–Crippen MR) is 107 cm³/mol. The van der Waals surface area contributed by atoms with Crippen molar-refractivity contribution in [1.82, 2.24) is 0 Å². The van der Waals surface area contributed by atoms with Crippen molar-refractivity contribution in [3.8, 4) is 16.9 Å². The minimum atomic E-state index is -1.37. The molecule has 5 unspecified atom stereocenters. The van der Waals surface area contributed by atoms with Gasteiger partial charge in [-0.1, -0.05) is 48.5 Å². The first-order valence-corrected chi connectivity index (χ1v) is 9.58. The van der Waals surface area contributed by atoms with E-state index in [0.29, 0.717) is 12.0 Å². The number of aliphatic hydroxyl groups excluding tert-OH is 4. The van der Waals surface area contributed by atoms with E-state index in [2.05, 4.69) is 24.3 Å². The molecule has 0 bridgehead atoms. The van der Waals surface area contributed by atoms with Crippen molar-refractivity contribution in [2.75, 3.05) is 6.61 Å². The van der Waals surface area contributed by atoms with Crippen LogP contribution in [0.25, 0.3) is 11.1 Å². The first-order valence-electron chi connectivity index (χ1n) is 9.58. The average Bonchev–Trinajstić information content (AvgIpc) is 3.14. The Morgan fingerprint density at radius 3 is 2.21 bits per heavy atom. The van der Waals surface area contributed by atoms with Crippen molar-refractivity contribution in [3.63, 3.8) is 0 Å². The Morgan fingerprint density at radius 2 is 1.55 bits per heavy atom. The average molecular weight is 396 g/mol. The SMILES string of the molecule is OCC(O)C1OC(c2cc(Cc3cc4cccccc-4c3)ccc2O)C(O)C1O. The first-order chi connectivity index (χ1) is 14.0. The van der Waals surface area contributed by atoms with Crippen LogP contribution in [-0.4, -0.2) is 56.6 Å². The minimum Gasteiger partial charge on any atom is -0.508 e. The number of benzene rings is 1. The fourth-order valence-electron chi connectivity index (χ4n) is 3.94. The highest BCUT2D eigenvalue weighted by Crippen LogP contribution is 2.39. The highest BCUT2D eigenvalue weighted by atomic mass is 16.6. The second-order valence-corrected chi connectivity index (χ2v) is 7.51. The number of aliphatic hydroxyl groups is 4. The lowest BCUT2D eigenvalue weighted by molar-refractivity contribution is -0.0823. The van der Waals surface area contributed by atoms with Gasteiger partial charge in [-0.15, -0.1) is 0 Å². The van der Waals surface area contributed by atoms with Gasteiger partial charge < -0.3 is 30.3 Å². The summed E-state index contributed by atoms with van der Waals surface area (Å²) in [6.07, 6.45) is -5.54. The van der Waals surface area contributed by atoms with Crippen molar-refractivity contribution in [3.05, 3.63) is 77.4 Å². The van der Waals surface area contributed by atoms with Crippen molar-refractivity contribution in [2.24, 2.45) is 0 Å². The Hall–Kier alpha value is -2.48. The summed E-state index contributed by atoms with van der Waals surface area (Å²) < 4.78 is 5.60. The maximum atomic E-state index is 10.4. The predicted octanol–water partition coefficient (Wildman–Crippen LogP) is 1.60. The minimum absolute atomic E-state index is 0.0659. The molecule has 0 spiro atoms. The Morgan fingerprint density at radius 1 is 0.862 bits per heavy atom. The first kappa shape index (κ1) is 19.8. The summed E-state index contributed by atoms with van der Waals surface area (Å²) in [4.78, 5) is 0. The van der Waals surface area contributed by atoms with Gasteiger partial charge in [-0.3, -0.25) is 0 Å². The van der Waals surface area contributed by atoms with E-state index < -0.39 is 37.1 Å². The van der Waals surface area contributed by atoms with E-state index in [0.717, 1.165) is 22.3 Å². The number of phenolic OH excluding ortho intramolecular Hbond substituents is 1. The van der Waals surface area contributed by atoms with Crippen LogP contribution >= 0.6 is 0 Å². The summed E-state index contributed by atoms with van der Waals surface area (Å²) in [5.74, 6) is -0.0659. The van der Waals surface area contributed by atoms with Crippen LogP contribution < -0.4 is 0 Å². The fourth-order valence-corrected chi connectivity index (χ4v) is 3.94. The number of aromatic hydroxyl groups is 1. The molecule has 6 heteroatoms.